The van der Waals surface area contributed by atoms with Gasteiger partial charge in [0, 0.05) is 23.5 Å². The summed E-state index contributed by atoms with van der Waals surface area (Å²) in [6, 6.07) is 5.33. The van der Waals surface area contributed by atoms with E-state index in [9.17, 15) is 14.4 Å². The molecule has 1 fully saturated rings. The highest BCUT2D eigenvalue weighted by molar-refractivity contribution is 8.00. The number of likely N-dealkylation sites (tertiary alicyclic amines) is 1. The molecule has 6 nitrogen and oxygen atoms in total. The number of carboxylic acids is 1. The van der Waals surface area contributed by atoms with Crippen molar-refractivity contribution in [2.75, 3.05) is 18.4 Å². The molecule has 7 heteroatoms. The molecule has 122 valence electrons. The molecule has 3 rings (SSSR count). The molecule has 1 aromatic carbocycles. The van der Waals surface area contributed by atoms with Gasteiger partial charge in [0.15, 0.2) is 0 Å². The highest BCUT2D eigenvalue weighted by atomic mass is 32.2. The monoisotopic (exact) mass is 334 g/mol. The van der Waals surface area contributed by atoms with Crippen molar-refractivity contribution in [3.63, 3.8) is 0 Å². The molecule has 2 aliphatic heterocycles. The minimum absolute atomic E-state index is 0.0608. The lowest BCUT2D eigenvalue weighted by atomic mass is 9.96. The van der Waals surface area contributed by atoms with Crippen LogP contribution < -0.4 is 5.32 Å². The van der Waals surface area contributed by atoms with Gasteiger partial charge in [-0.25, -0.2) is 0 Å². The van der Waals surface area contributed by atoms with Crippen LogP contribution in [0.25, 0.3) is 0 Å². The number of amides is 2. The van der Waals surface area contributed by atoms with Gasteiger partial charge in [-0.05, 0) is 38.0 Å². The molecule has 2 heterocycles. The first-order valence-corrected chi connectivity index (χ1v) is 8.47. The topological polar surface area (TPSA) is 86.7 Å². The number of benzene rings is 1. The second-order valence-electron chi connectivity index (χ2n) is 5.86. The number of nitrogens with one attached hydrogen (secondary N) is 1. The third-order valence-corrected chi connectivity index (χ3v) is 5.47. The molecule has 0 saturated carbocycles. The third-order valence-electron chi connectivity index (χ3n) is 4.29. The summed E-state index contributed by atoms with van der Waals surface area (Å²) in [5.41, 5.74) is 1.19. The van der Waals surface area contributed by atoms with Crippen molar-refractivity contribution >= 4 is 35.2 Å². The van der Waals surface area contributed by atoms with E-state index < -0.39 is 5.97 Å². The Morgan fingerprint density at radius 3 is 2.65 bits per heavy atom. The number of thioether (sulfide) groups is 1. The largest absolute Gasteiger partial charge is 0.481 e. The van der Waals surface area contributed by atoms with Crippen molar-refractivity contribution in [1.29, 1.82) is 0 Å². The fourth-order valence-electron chi connectivity index (χ4n) is 2.85. The second-order valence-corrected chi connectivity index (χ2v) is 7.25. The lowest BCUT2D eigenvalue weighted by Gasteiger charge is -2.30. The maximum atomic E-state index is 12.6. The van der Waals surface area contributed by atoms with Crippen LogP contribution in [-0.4, -0.2) is 46.1 Å². The Kier molecular flexibility index (Phi) is 4.30. The maximum Gasteiger partial charge on any atom is 0.306 e. The smallest absolute Gasteiger partial charge is 0.306 e. The number of carbonyl (C=O) groups excluding carboxylic acids is 2. The van der Waals surface area contributed by atoms with E-state index in [1.165, 1.54) is 11.8 Å². The van der Waals surface area contributed by atoms with Gasteiger partial charge < -0.3 is 15.3 Å². The molecule has 0 spiro atoms. The van der Waals surface area contributed by atoms with Gasteiger partial charge in [0.05, 0.1) is 16.9 Å². The molecule has 0 aromatic heterocycles. The van der Waals surface area contributed by atoms with Gasteiger partial charge in [0.1, 0.15) is 0 Å². The highest BCUT2D eigenvalue weighted by Gasteiger charge is 2.29. The zero-order valence-corrected chi connectivity index (χ0v) is 13.6. The lowest BCUT2D eigenvalue weighted by molar-refractivity contribution is -0.143. The second kappa shape index (κ2) is 6.23. The van der Waals surface area contributed by atoms with Crippen molar-refractivity contribution in [2.24, 2.45) is 5.92 Å². The number of anilines is 1. The minimum atomic E-state index is -0.792. The Labute approximate surface area is 138 Å². The Morgan fingerprint density at radius 1 is 1.30 bits per heavy atom. The first-order chi connectivity index (χ1) is 11.0. The van der Waals surface area contributed by atoms with E-state index in [-0.39, 0.29) is 23.0 Å². The number of carbonyl (C=O) groups is 3. The molecule has 1 atom stereocenters. The molecular weight excluding hydrogens is 316 g/mol. The van der Waals surface area contributed by atoms with E-state index in [1.807, 2.05) is 13.0 Å². The number of rotatable bonds is 2. The molecule has 1 aromatic rings. The van der Waals surface area contributed by atoms with Gasteiger partial charge in [0.2, 0.25) is 5.91 Å². The van der Waals surface area contributed by atoms with Crippen LogP contribution in [0, 0.1) is 5.92 Å². The first-order valence-electron chi connectivity index (χ1n) is 7.59. The van der Waals surface area contributed by atoms with Crippen molar-refractivity contribution in [3.05, 3.63) is 23.8 Å². The van der Waals surface area contributed by atoms with Gasteiger partial charge in [-0.1, -0.05) is 0 Å². The molecule has 2 amide bonds. The zero-order valence-electron chi connectivity index (χ0n) is 12.7. The van der Waals surface area contributed by atoms with Crippen molar-refractivity contribution in [2.45, 2.75) is 29.9 Å². The van der Waals surface area contributed by atoms with E-state index >= 15 is 0 Å². The predicted octanol–water partition coefficient (Wildman–Crippen LogP) is 2.06. The zero-order chi connectivity index (χ0) is 16.6. The molecule has 0 aliphatic carbocycles. The Morgan fingerprint density at radius 2 is 2.00 bits per heavy atom. The molecule has 2 N–H and O–H groups in total. The van der Waals surface area contributed by atoms with Crippen molar-refractivity contribution in [1.82, 2.24) is 4.90 Å². The third kappa shape index (κ3) is 3.19. The number of nitrogens with zero attached hydrogens (tertiary/aromatic N) is 1. The molecule has 23 heavy (non-hydrogen) atoms. The van der Waals surface area contributed by atoms with Crippen molar-refractivity contribution in [3.8, 4) is 0 Å². The summed E-state index contributed by atoms with van der Waals surface area (Å²) in [5, 5.41) is 11.7. The normalized spacial score (nSPS) is 21.5. The number of hydrogen-bond acceptors (Lipinski definition) is 4. The standard InChI is InChI=1S/C16H18N2O4S/c1-9-14(19)17-12-8-11(2-3-13(12)23-9)15(20)18-6-4-10(5-7-18)16(21)22/h2-3,8-10H,4-7H2,1H3,(H,17,19)(H,21,22). The molecule has 2 aliphatic rings. The van der Waals surface area contributed by atoms with Gasteiger partial charge in [-0.15, -0.1) is 11.8 Å². The van der Waals surface area contributed by atoms with Crippen LogP contribution in [0.5, 0.6) is 0 Å². The van der Waals surface area contributed by atoms with Crippen LogP contribution in [0.4, 0.5) is 5.69 Å². The highest BCUT2D eigenvalue weighted by Crippen LogP contribution is 2.36. The van der Waals surface area contributed by atoms with E-state index in [0.717, 1.165) is 4.90 Å². The molecule has 1 saturated heterocycles. The number of fused-ring (bicyclic) bond motifs is 1. The number of carboxylic acid groups (broad SMARTS) is 1. The van der Waals surface area contributed by atoms with E-state index in [1.54, 1.807) is 17.0 Å². The summed E-state index contributed by atoms with van der Waals surface area (Å²) in [6.45, 7) is 2.74. The van der Waals surface area contributed by atoms with Gasteiger partial charge in [0.25, 0.3) is 5.91 Å². The summed E-state index contributed by atoms with van der Waals surface area (Å²) in [6.07, 6.45) is 0.965. The van der Waals surface area contributed by atoms with Gasteiger partial charge >= 0.3 is 5.97 Å². The van der Waals surface area contributed by atoms with Crippen molar-refractivity contribution < 1.29 is 19.5 Å². The Balaban J connectivity index is 1.73. The predicted molar refractivity (Wildman–Crippen MR) is 86.7 cm³/mol. The molecular formula is C16H18N2O4S. The summed E-state index contributed by atoms with van der Waals surface area (Å²) >= 11 is 1.48. The van der Waals surface area contributed by atoms with Crippen LogP contribution in [0.3, 0.4) is 0 Å². The summed E-state index contributed by atoms with van der Waals surface area (Å²) in [4.78, 5) is 37.9. The molecule has 0 radical (unpaired) electrons. The lowest BCUT2D eigenvalue weighted by Crippen LogP contribution is -2.40. The van der Waals surface area contributed by atoms with Crippen LogP contribution in [0.2, 0.25) is 0 Å². The first kappa shape index (κ1) is 15.9. The van der Waals surface area contributed by atoms with Crippen LogP contribution in [0.1, 0.15) is 30.1 Å². The van der Waals surface area contributed by atoms with Crippen LogP contribution >= 0.6 is 11.8 Å². The minimum Gasteiger partial charge on any atom is -0.481 e. The average molecular weight is 334 g/mol. The van der Waals surface area contributed by atoms with Gasteiger partial charge in [-0.3, -0.25) is 14.4 Å². The molecule has 1 unspecified atom stereocenters. The fraction of sp³-hybridized carbons (Fsp3) is 0.438. The number of aliphatic carboxylic acids is 1. The SMILES string of the molecule is CC1Sc2ccc(C(=O)N3CCC(C(=O)O)CC3)cc2NC1=O. The summed E-state index contributed by atoms with van der Waals surface area (Å²) in [7, 11) is 0. The fourth-order valence-corrected chi connectivity index (χ4v) is 3.78. The van der Waals surface area contributed by atoms with Crippen LogP contribution in [0.15, 0.2) is 23.1 Å². The van der Waals surface area contributed by atoms with E-state index in [4.69, 9.17) is 5.11 Å². The Hall–Kier alpha value is -2.02. The number of hydrogen-bond donors (Lipinski definition) is 2. The molecule has 0 bridgehead atoms. The van der Waals surface area contributed by atoms with Crippen LogP contribution in [-0.2, 0) is 9.59 Å². The summed E-state index contributed by atoms with van der Waals surface area (Å²) in [5.74, 6) is -1.33. The number of piperidine rings is 1. The summed E-state index contributed by atoms with van der Waals surface area (Å²) < 4.78 is 0. The van der Waals surface area contributed by atoms with E-state index in [0.29, 0.717) is 37.2 Å². The quantitative estimate of drug-likeness (QED) is 0.864. The maximum absolute atomic E-state index is 12.6. The van der Waals surface area contributed by atoms with E-state index in [2.05, 4.69) is 5.32 Å². The Bertz CT molecular complexity index is 668. The van der Waals surface area contributed by atoms with Gasteiger partial charge in [-0.2, -0.15) is 0 Å². The average Bonchev–Trinajstić information content (AvgIpc) is 2.55.